The van der Waals surface area contributed by atoms with Gasteiger partial charge >= 0.3 is 0 Å². The van der Waals surface area contributed by atoms with Gasteiger partial charge in [0.1, 0.15) is 6.54 Å². The van der Waals surface area contributed by atoms with Gasteiger partial charge in [-0.05, 0) is 68.1 Å². The van der Waals surface area contributed by atoms with Crippen LogP contribution >= 0.6 is 11.8 Å². The van der Waals surface area contributed by atoms with Gasteiger partial charge in [0.2, 0.25) is 5.91 Å². The second kappa shape index (κ2) is 9.14. The predicted octanol–water partition coefficient (Wildman–Crippen LogP) is 4.20. The number of imide groups is 1. The molecule has 1 aromatic heterocycles. The molecule has 0 N–H and O–H groups in total. The van der Waals surface area contributed by atoms with Gasteiger partial charge in [-0.2, -0.15) is 0 Å². The van der Waals surface area contributed by atoms with Crippen LogP contribution in [0, 0.1) is 13.8 Å². The number of carbonyl (C=O) groups excluding carboxylic acids is 3. The van der Waals surface area contributed by atoms with Crippen LogP contribution in [0.25, 0.3) is 6.08 Å². The molecule has 2 aromatic rings. The van der Waals surface area contributed by atoms with Crippen LogP contribution < -0.4 is 0 Å². The maximum atomic E-state index is 12.9. The Morgan fingerprint density at radius 3 is 2.48 bits per heavy atom. The number of rotatable bonds is 5. The van der Waals surface area contributed by atoms with Gasteiger partial charge in [-0.3, -0.25) is 19.3 Å². The average Bonchev–Trinajstić information content (AvgIpc) is 3.19. The molecular weight excluding hydrogens is 410 g/mol. The van der Waals surface area contributed by atoms with Gasteiger partial charge in [0.05, 0.1) is 4.91 Å². The number of piperidine rings is 1. The lowest BCUT2D eigenvalue weighted by Crippen LogP contribution is -2.44. The highest BCUT2D eigenvalue weighted by molar-refractivity contribution is 8.18. The van der Waals surface area contributed by atoms with Crippen LogP contribution in [0.2, 0.25) is 0 Å². The van der Waals surface area contributed by atoms with Gasteiger partial charge in [0, 0.05) is 31.0 Å². The molecule has 0 bridgehead atoms. The highest BCUT2D eigenvalue weighted by atomic mass is 32.2. The van der Waals surface area contributed by atoms with Crippen LogP contribution in [0.4, 0.5) is 4.79 Å². The lowest BCUT2D eigenvalue weighted by Gasteiger charge is -2.27. The molecule has 0 radical (unpaired) electrons. The molecule has 2 aliphatic rings. The van der Waals surface area contributed by atoms with Crippen molar-refractivity contribution in [3.63, 3.8) is 0 Å². The fourth-order valence-electron chi connectivity index (χ4n) is 4.14. The lowest BCUT2D eigenvalue weighted by atomic mass is 10.1. The van der Waals surface area contributed by atoms with Crippen molar-refractivity contribution < 1.29 is 14.4 Å². The van der Waals surface area contributed by atoms with Crippen LogP contribution in [0.3, 0.4) is 0 Å². The van der Waals surface area contributed by atoms with Crippen LogP contribution in [0.5, 0.6) is 0 Å². The number of carbonyl (C=O) groups is 3. The maximum Gasteiger partial charge on any atom is 0.294 e. The zero-order valence-corrected chi connectivity index (χ0v) is 18.8. The summed E-state index contributed by atoms with van der Waals surface area (Å²) in [6.07, 6.45) is 4.86. The maximum absolute atomic E-state index is 12.9. The van der Waals surface area contributed by atoms with E-state index in [1.807, 2.05) is 38.1 Å². The number of benzene rings is 1. The summed E-state index contributed by atoms with van der Waals surface area (Å²) >= 11 is 0.912. The van der Waals surface area contributed by atoms with E-state index in [0.717, 1.165) is 59.4 Å². The summed E-state index contributed by atoms with van der Waals surface area (Å²) in [5.41, 5.74) is 4.25. The van der Waals surface area contributed by atoms with Gasteiger partial charge in [-0.25, -0.2) is 0 Å². The number of amides is 3. The molecule has 2 fully saturated rings. The number of nitrogens with zero attached hydrogens (tertiary/aromatic N) is 3. The van der Waals surface area contributed by atoms with Crippen molar-refractivity contribution in [1.82, 2.24) is 14.4 Å². The Morgan fingerprint density at radius 1 is 1.06 bits per heavy atom. The molecule has 6 nitrogen and oxygen atoms in total. The first-order chi connectivity index (χ1) is 14.9. The average molecular weight is 438 g/mol. The zero-order valence-electron chi connectivity index (χ0n) is 18.0. The van der Waals surface area contributed by atoms with E-state index in [0.29, 0.717) is 18.0 Å². The van der Waals surface area contributed by atoms with E-state index >= 15 is 0 Å². The number of aromatic nitrogens is 1. The number of thioether (sulfide) groups is 1. The van der Waals surface area contributed by atoms with E-state index in [9.17, 15) is 14.4 Å². The van der Waals surface area contributed by atoms with Crippen molar-refractivity contribution in [2.45, 2.75) is 39.7 Å². The predicted molar refractivity (Wildman–Crippen MR) is 123 cm³/mol. The molecule has 0 unspecified atom stereocenters. The summed E-state index contributed by atoms with van der Waals surface area (Å²) in [4.78, 5) is 41.1. The summed E-state index contributed by atoms with van der Waals surface area (Å²) in [6, 6.07) is 12.2. The molecule has 0 aliphatic carbocycles. The van der Waals surface area contributed by atoms with Gasteiger partial charge in [0.15, 0.2) is 0 Å². The number of aryl methyl sites for hydroxylation is 1. The van der Waals surface area contributed by atoms with Crippen LogP contribution in [-0.4, -0.2) is 51.1 Å². The Morgan fingerprint density at radius 2 is 1.77 bits per heavy atom. The Balaban J connectivity index is 1.50. The third kappa shape index (κ3) is 4.61. The van der Waals surface area contributed by atoms with Crippen LogP contribution in [0.15, 0.2) is 41.3 Å². The van der Waals surface area contributed by atoms with E-state index in [1.54, 1.807) is 11.0 Å². The van der Waals surface area contributed by atoms with Crippen molar-refractivity contribution in [3.05, 3.63) is 63.8 Å². The number of likely N-dealkylation sites (tertiary alicyclic amines) is 1. The Hall–Kier alpha value is -2.80. The van der Waals surface area contributed by atoms with Crippen molar-refractivity contribution in [2.24, 2.45) is 0 Å². The molecule has 0 spiro atoms. The molecule has 0 saturated carbocycles. The molecule has 31 heavy (non-hydrogen) atoms. The monoisotopic (exact) mass is 437 g/mol. The molecule has 2 aliphatic heterocycles. The summed E-state index contributed by atoms with van der Waals surface area (Å²) in [6.45, 7) is 6.05. The largest absolute Gasteiger partial charge is 0.344 e. The molecule has 2 saturated heterocycles. The highest BCUT2D eigenvalue weighted by Crippen LogP contribution is 2.33. The summed E-state index contributed by atoms with van der Waals surface area (Å²) in [5, 5.41) is -0.375. The van der Waals surface area contributed by atoms with E-state index < -0.39 is 0 Å². The Bertz CT molecular complexity index is 1040. The molecule has 3 amide bonds. The third-order valence-electron chi connectivity index (χ3n) is 5.96. The quantitative estimate of drug-likeness (QED) is 0.658. The Labute approximate surface area is 186 Å². The number of hydrogen-bond acceptors (Lipinski definition) is 4. The minimum Gasteiger partial charge on any atom is -0.344 e. The fraction of sp³-hybridized carbons (Fsp3) is 0.375. The van der Waals surface area contributed by atoms with E-state index in [2.05, 4.69) is 16.7 Å². The minimum absolute atomic E-state index is 0.149. The normalized spacial score (nSPS) is 18.3. The van der Waals surface area contributed by atoms with Crippen molar-refractivity contribution in [1.29, 1.82) is 0 Å². The van der Waals surface area contributed by atoms with E-state index in [-0.39, 0.29) is 23.6 Å². The van der Waals surface area contributed by atoms with Crippen LogP contribution in [-0.2, 0) is 16.1 Å². The van der Waals surface area contributed by atoms with Gasteiger partial charge in [-0.1, -0.05) is 30.3 Å². The van der Waals surface area contributed by atoms with Gasteiger partial charge in [0.25, 0.3) is 11.1 Å². The summed E-state index contributed by atoms with van der Waals surface area (Å²) in [5.74, 6) is -0.530. The first-order valence-electron chi connectivity index (χ1n) is 10.7. The first-order valence-corrected chi connectivity index (χ1v) is 11.5. The molecule has 4 rings (SSSR count). The Kier molecular flexibility index (Phi) is 6.32. The van der Waals surface area contributed by atoms with Gasteiger partial charge < -0.3 is 9.47 Å². The van der Waals surface area contributed by atoms with Gasteiger partial charge in [-0.15, -0.1) is 0 Å². The summed E-state index contributed by atoms with van der Waals surface area (Å²) in [7, 11) is 0. The topological polar surface area (TPSA) is 62.6 Å². The highest BCUT2D eigenvalue weighted by Gasteiger charge is 2.37. The molecule has 0 atom stereocenters. The SMILES string of the molecule is Cc1cc(/C=C2\SC(=O)N(CC(=O)N3CCCCC3)C2=O)c(C)n1Cc1ccccc1. The minimum atomic E-state index is -0.381. The standard InChI is InChI=1S/C24H27N3O3S/c1-17-13-20(18(2)26(17)15-19-9-5-3-6-10-19)14-21-23(29)27(24(30)31-21)16-22(28)25-11-7-4-8-12-25/h3,5-6,9-10,13-14H,4,7-8,11-12,15-16H2,1-2H3/b21-14-. The molecular formula is C24H27N3O3S. The second-order valence-electron chi connectivity index (χ2n) is 8.11. The molecule has 3 heterocycles. The third-order valence-corrected chi connectivity index (χ3v) is 6.87. The van der Waals surface area contributed by atoms with Crippen molar-refractivity contribution in [3.8, 4) is 0 Å². The second-order valence-corrected chi connectivity index (χ2v) is 9.10. The number of hydrogen-bond donors (Lipinski definition) is 0. The first kappa shape index (κ1) is 21.4. The molecule has 1 aromatic carbocycles. The lowest BCUT2D eigenvalue weighted by molar-refractivity contribution is -0.136. The van der Waals surface area contributed by atoms with E-state index in [1.165, 1.54) is 5.56 Å². The molecule has 162 valence electrons. The van der Waals surface area contributed by atoms with E-state index in [4.69, 9.17) is 0 Å². The zero-order chi connectivity index (χ0) is 22.0. The smallest absolute Gasteiger partial charge is 0.294 e. The van der Waals surface area contributed by atoms with Crippen molar-refractivity contribution in [2.75, 3.05) is 19.6 Å². The fourth-order valence-corrected chi connectivity index (χ4v) is 4.97. The molecule has 7 heteroatoms. The van der Waals surface area contributed by atoms with Crippen LogP contribution in [0.1, 0.15) is 41.8 Å². The van der Waals surface area contributed by atoms with Crippen molar-refractivity contribution >= 4 is 34.9 Å². The summed E-state index contributed by atoms with van der Waals surface area (Å²) < 4.78 is 2.20.